The van der Waals surface area contributed by atoms with E-state index in [1.807, 2.05) is 0 Å². The number of rotatable bonds is 7. The zero-order valence-corrected chi connectivity index (χ0v) is 12.6. The van der Waals surface area contributed by atoms with Crippen LogP contribution < -0.4 is 0 Å². The molecule has 0 aromatic heterocycles. The van der Waals surface area contributed by atoms with Crippen LogP contribution in [0.2, 0.25) is 0 Å². The van der Waals surface area contributed by atoms with E-state index in [1.165, 1.54) is 30.9 Å². The summed E-state index contributed by atoms with van der Waals surface area (Å²) < 4.78 is 5.33. The van der Waals surface area contributed by atoms with E-state index < -0.39 is 0 Å². The van der Waals surface area contributed by atoms with Crippen LogP contribution in [-0.4, -0.2) is 12.6 Å². The third-order valence-corrected chi connectivity index (χ3v) is 3.82. The van der Waals surface area contributed by atoms with Gasteiger partial charge in [-0.15, -0.1) is 0 Å². The molecule has 0 radical (unpaired) electrons. The van der Waals surface area contributed by atoms with Crippen molar-refractivity contribution in [3.63, 3.8) is 0 Å². The zero-order valence-electron chi connectivity index (χ0n) is 12.6. The van der Waals surface area contributed by atoms with Gasteiger partial charge in [-0.1, -0.05) is 50.8 Å². The Balaban J connectivity index is 2.39. The third-order valence-electron chi connectivity index (χ3n) is 3.82. The van der Waals surface area contributed by atoms with Crippen LogP contribution >= 0.6 is 0 Å². The molecule has 0 N–H and O–H groups in total. The summed E-state index contributed by atoms with van der Waals surface area (Å²) in [6.45, 7) is 13.9. The second kappa shape index (κ2) is 8.57. The van der Waals surface area contributed by atoms with Crippen LogP contribution in [0.25, 0.3) is 0 Å². The van der Waals surface area contributed by atoms with Gasteiger partial charge in [-0.3, -0.25) is 0 Å². The molecule has 0 aromatic carbocycles. The Labute approximate surface area is 122 Å². The molecule has 0 saturated heterocycles. The van der Waals surface area contributed by atoms with E-state index in [0.717, 1.165) is 12.8 Å². The second-order valence-corrected chi connectivity index (χ2v) is 5.60. The predicted octanol–water partition coefficient (Wildman–Crippen LogP) is 4.60. The summed E-state index contributed by atoms with van der Waals surface area (Å²) in [7, 11) is 0. The molecule has 1 aliphatic rings. The number of hydrogen-bond donors (Lipinski definition) is 0. The molecule has 1 aliphatic carbocycles. The third kappa shape index (κ3) is 5.20. The molecule has 0 aromatic rings. The van der Waals surface area contributed by atoms with Crippen molar-refractivity contribution in [1.82, 2.24) is 0 Å². The SMILES string of the molecule is C=C/C=C(\C=C)C(=O)OCC(C)CC1CCCCC1=C. The fourth-order valence-electron chi connectivity index (χ4n) is 2.64. The Hall–Kier alpha value is -1.57. The van der Waals surface area contributed by atoms with Gasteiger partial charge in [0.15, 0.2) is 0 Å². The lowest BCUT2D eigenvalue weighted by Gasteiger charge is -2.27. The zero-order chi connectivity index (χ0) is 15.0. The fourth-order valence-corrected chi connectivity index (χ4v) is 2.64. The van der Waals surface area contributed by atoms with Crippen LogP contribution in [0, 0.1) is 11.8 Å². The first-order valence-electron chi connectivity index (χ1n) is 7.38. The van der Waals surface area contributed by atoms with E-state index >= 15 is 0 Å². The summed E-state index contributed by atoms with van der Waals surface area (Å²) in [4.78, 5) is 11.8. The van der Waals surface area contributed by atoms with E-state index in [4.69, 9.17) is 4.74 Å². The van der Waals surface area contributed by atoms with Gasteiger partial charge >= 0.3 is 5.97 Å². The maximum absolute atomic E-state index is 11.8. The first kappa shape index (κ1) is 16.5. The Bertz CT molecular complexity index is 404. The first-order chi connectivity index (χ1) is 9.58. The molecule has 1 saturated carbocycles. The second-order valence-electron chi connectivity index (χ2n) is 5.60. The van der Waals surface area contributed by atoms with Gasteiger partial charge in [0.1, 0.15) is 0 Å². The molecular weight excluding hydrogens is 248 g/mol. The van der Waals surface area contributed by atoms with Gasteiger partial charge in [0.05, 0.1) is 12.2 Å². The van der Waals surface area contributed by atoms with Crippen LogP contribution in [0.4, 0.5) is 0 Å². The van der Waals surface area contributed by atoms with Crippen LogP contribution in [0.5, 0.6) is 0 Å². The maximum Gasteiger partial charge on any atom is 0.338 e. The van der Waals surface area contributed by atoms with Crippen molar-refractivity contribution in [2.24, 2.45) is 11.8 Å². The van der Waals surface area contributed by atoms with Crippen molar-refractivity contribution in [2.45, 2.75) is 39.0 Å². The lowest BCUT2D eigenvalue weighted by atomic mass is 9.80. The van der Waals surface area contributed by atoms with Crippen LogP contribution in [0.15, 0.2) is 49.1 Å². The monoisotopic (exact) mass is 274 g/mol. The Kier molecular flexibility index (Phi) is 7.06. The smallest absolute Gasteiger partial charge is 0.338 e. The average Bonchev–Trinajstić information content (AvgIpc) is 2.44. The van der Waals surface area contributed by atoms with Crippen molar-refractivity contribution in [3.05, 3.63) is 49.1 Å². The normalized spacial score (nSPS) is 21.1. The van der Waals surface area contributed by atoms with E-state index in [1.54, 1.807) is 12.2 Å². The van der Waals surface area contributed by atoms with Crippen molar-refractivity contribution < 1.29 is 9.53 Å². The number of carbonyl (C=O) groups is 1. The molecule has 1 rings (SSSR count). The highest BCUT2D eigenvalue weighted by Gasteiger charge is 2.20. The molecule has 0 spiro atoms. The van der Waals surface area contributed by atoms with Gasteiger partial charge in [-0.2, -0.15) is 0 Å². The van der Waals surface area contributed by atoms with Crippen molar-refractivity contribution in [3.8, 4) is 0 Å². The van der Waals surface area contributed by atoms with Crippen molar-refractivity contribution in [2.75, 3.05) is 6.61 Å². The number of ether oxygens (including phenoxy) is 1. The Morgan fingerprint density at radius 2 is 2.20 bits per heavy atom. The highest BCUT2D eigenvalue weighted by Crippen LogP contribution is 2.32. The topological polar surface area (TPSA) is 26.3 Å². The van der Waals surface area contributed by atoms with Crippen LogP contribution in [0.1, 0.15) is 39.0 Å². The minimum atomic E-state index is -0.325. The Morgan fingerprint density at radius 1 is 1.45 bits per heavy atom. The fraction of sp³-hybridized carbons (Fsp3) is 0.500. The molecule has 20 heavy (non-hydrogen) atoms. The van der Waals surface area contributed by atoms with E-state index in [9.17, 15) is 4.79 Å². The quantitative estimate of drug-likeness (QED) is 0.293. The Morgan fingerprint density at radius 3 is 2.80 bits per heavy atom. The van der Waals surface area contributed by atoms with Crippen LogP contribution in [-0.2, 0) is 9.53 Å². The number of esters is 1. The summed E-state index contributed by atoms with van der Waals surface area (Å²) in [6, 6.07) is 0. The lowest BCUT2D eigenvalue weighted by molar-refractivity contribution is -0.140. The summed E-state index contributed by atoms with van der Waals surface area (Å²) in [5, 5.41) is 0. The number of hydrogen-bond acceptors (Lipinski definition) is 2. The summed E-state index contributed by atoms with van der Waals surface area (Å²) in [5.74, 6) is 0.628. The van der Waals surface area contributed by atoms with Crippen molar-refractivity contribution in [1.29, 1.82) is 0 Å². The van der Waals surface area contributed by atoms with Crippen molar-refractivity contribution >= 4 is 5.97 Å². The lowest BCUT2D eigenvalue weighted by Crippen LogP contribution is -2.18. The number of carbonyl (C=O) groups excluding carboxylic acids is 1. The van der Waals surface area contributed by atoms with Crippen LogP contribution in [0.3, 0.4) is 0 Å². The average molecular weight is 274 g/mol. The molecule has 0 amide bonds. The van der Waals surface area contributed by atoms with Gasteiger partial charge in [-0.05, 0) is 43.6 Å². The molecule has 110 valence electrons. The van der Waals surface area contributed by atoms with Gasteiger partial charge in [-0.25, -0.2) is 4.79 Å². The molecule has 0 aliphatic heterocycles. The number of allylic oxidation sites excluding steroid dienone is 3. The molecule has 2 unspecified atom stereocenters. The molecule has 2 nitrogen and oxygen atoms in total. The molecule has 0 heterocycles. The molecular formula is C18H26O2. The first-order valence-corrected chi connectivity index (χ1v) is 7.38. The highest BCUT2D eigenvalue weighted by atomic mass is 16.5. The maximum atomic E-state index is 11.8. The largest absolute Gasteiger partial charge is 0.462 e. The van der Waals surface area contributed by atoms with Gasteiger partial charge < -0.3 is 4.74 Å². The molecule has 0 bridgehead atoms. The van der Waals surface area contributed by atoms with Gasteiger partial charge in [0.25, 0.3) is 0 Å². The predicted molar refractivity (Wildman–Crippen MR) is 84.3 cm³/mol. The summed E-state index contributed by atoms with van der Waals surface area (Å²) in [5.41, 5.74) is 1.82. The standard InChI is InChI=1S/C18H26O2/c1-5-9-16(6-2)18(19)20-13-14(3)12-17-11-8-7-10-15(17)4/h5-6,9,14,17H,1-2,4,7-8,10-13H2,3H3/b16-9+. The van der Waals surface area contributed by atoms with E-state index in [2.05, 4.69) is 26.7 Å². The molecule has 2 heteroatoms. The molecule has 1 fully saturated rings. The summed E-state index contributed by atoms with van der Waals surface area (Å²) >= 11 is 0. The summed E-state index contributed by atoms with van der Waals surface area (Å²) in [6.07, 6.45) is 10.7. The van der Waals surface area contributed by atoms with E-state index in [-0.39, 0.29) is 5.97 Å². The van der Waals surface area contributed by atoms with E-state index in [0.29, 0.717) is 24.0 Å². The minimum absolute atomic E-state index is 0.325. The van der Waals surface area contributed by atoms with Gasteiger partial charge in [0, 0.05) is 0 Å². The van der Waals surface area contributed by atoms with Gasteiger partial charge in [0.2, 0.25) is 0 Å². The highest BCUT2D eigenvalue weighted by molar-refractivity contribution is 5.91. The molecule has 2 atom stereocenters. The minimum Gasteiger partial charge on any atom is -0.462 e.